The number of carbonyl (C=O) groups excluding carboxylic acids is 1. The minimum absolute atomic E-state index is 0.225. The van der Waals surface area contributed by atoms with Crippen molar-refractivity contribution in [3.8, 4) is 0 Å². The van der Waals surface area contributed by atoms with E-state index >= 15 is 0 Å². The summed E-state index contributed by atoms with van der Waals surface area (Å²) in [6.07, 6.45) is 0.467. The molecule has 0 aliphatic carbocycles. The second-order valence-electron chi connectivity index (χ2n) is 4.31. The van der Waals surface area contributed by atoms with Crippen LogP contribution in [0.5, 0.6) is 0 Å². The third kappa shape index (κ3) is 4.25. The Labute approximate surface area is 110 Å². The topological polar surface area (TPSA) is 64.3 Å². The van der Waals surface area contributed by atoms with Crippen LogP contribution >= 0.6 is 0 Å². The smallest absolute Gasteiger partial charge is 0.257 e. The fourth-order valence-electron chi connectivity index (χ4n) is 1.62. The van der Waals surface area contributed by atoms with Crippen LogP contribution < -0.4 is 11.1 Å². The van der Waals surface area contributed by atoms with E-state index < -0.39 is 23.1 Å². The number of ether oxygens (including phenoxy) is 1. The first-order valence-corrected chi connectivity index (χ1v) is 5.94. The predicted octanol–water partition coefficient (Wildman–Crippen LogP) is 1.37. The lowest BCUT2D eigenvalue weighted by atomic mass is 10.1. The van der Waals surface area contributed by atoms with Gasteiger partial charge in [-0.05, 0) is 25.0 Å². The molecule has 1 amide bonds. The lowest BCUT2D eigenvalue weighted by Gasteiger charge is -2.12. The maximum atomic E-state index is 13.7. The molecule has 0 heterocycles. The van der Waals surface area contributed by atoms with Gasteiger partial charge in [0.2, 0.25) is 0 Å². The van der Waals surface area contributed by atoms with Crippen LogP contribution in [-0.4, -0.2) is 32.2 Å². The summed E-state index contributed by atoms with van der Waals surface area (Å²) >= 11 is 0. The molecule has 1 atom stereocenters. The Balaban J connectivity index is 2.62. The summed E-state index contributed by atoms with van der Waals surface area (Å²) in [6, 6.07) is 2.14. The lowest BCUT2D eigenvalue weighted by Crippen LogP contribution is -2.33. The summed E-state index contributed by atoms with van der Waals surface area (Å²) in [7, 11) is 1.52. The van der Waals surface area contributed by atoms with E-state index in [1.165, 1.54) is 20.1 Å². The molecule has 4 nitrogen and oxygen atoms in total. The van der Waals surface area contributed by atoms with E-state index in [0.29, 0.717) is 13.0 Å². The van der Waals surface area contributed by atoms with Gasteiger partial charge in [-0.1, -0.05) is 6.07 Å². The highest BCUT2D eigenvalue weighted by Gasteiger charge is 2.18. The van der Waals surface area contributed by atoms with Crippen molar-refractivity contribution in [2.75, 3.05) is 20.3 Å². The zero-order valence-electron chi connectivity index (χ0n) is 11.0. The van der Waals surface area contributed by atoms with Crippen LogP contribution in [0.2, 0.25) is 0 Å². The van der Waals surface area contributed by atoms with E-state index in [0.717, 1.165) is 6.07 Å². The van der Waals surface area contributed by atoms with Gasteiger partial charge in [-0.3, -0.25) is 4.79 Å². The number of carbonyl (C=O) groups is 1. The minimum Gasteiger partial charge on any atom is -0.383 e. The molecule has 0 spiro atoms. The number of methoxy groups -OCH3 is 1. The summed E-state index contributed by atoms with van der Waals surface area (Å²) in [5, 5.41) is 2.44. The van der Waals surface area contributed by atoms with Gasteiger partial charge in [0.15, 0.2) is 0 Å². The van der Waals surface area contributed by atoms with E-state index in [-0.39, 0.29) is 18.2 Å². The zero-order chi connectivity index (χ0) is 14.4. The normalized spacial score (nSPS) is 12.3. The van der Waals surface area contributed by atoms with Crippen LogP contribution in [0, 0.1) is 18.6 Å². The van der Waals surface area contributed by atoms with Gasteiger partial charge in [-0.15, -0.1) is 0 Å². The number of benzene rings is 1. The molecular formula is C13H18F2N2O2. The van der Waals surface area contributed by atoms with Crippen molar-refractivity contribution < 1.29 is 18.3 Å². The van der Waals surface area contributed by atoms with Crippen LogP contribution in [-0.2, 0) is 4.74 Å². The maximum Gasteiger partial charge on any atom is 0.257 e. The quantitative estimate of drug-likeness (QED) is 0.822. The monoisotopic (exact) mass is 272 g/mol. The van der Waals surface area contributed by atoms with Crippen molar-refractivity contribution >= 4 is 5.91 Å². The molecule has 0 radical (unpaired) electrons. The predicted molar refractivity (Wildman–Crippen MR) is 67.9 cm³/mol. The summed E-state index contributed by atoms with van der Waals surface area (Å²) in [5.41, 5.74) is 5.34. The van der Waals surface area contributed by atoms with E-state index in [1.54, 1.807) is 0 Å². The van der Waals surface area contributed by atoms with Crippen LogP contribution in [0.15, 0.2) is 12.1 Å². The van der Waals surface area contributed by atoms with Crippen molar-refractivity contribution in [1.29, 1.82) is 0 Å². The van der Waals surface area contributed by atoms with Crippen LogP contribution in [0.4, 0.5) is 8.78 Å². The second kappa shape index (κ2) is 7.16. The first-order chi connectivity index (χ1) is 8.97. The molecule has 0 aromatic heterocycles. The van der Waals surface area contributed by atoms with Crippen LogP contribution in [0.1, 0.15) is 22.3 Å². The molecule has 3 N–H and O–H groups in total. The van der Waals surface area contributed by atoms with Crippen LogP contribution in [0.25, 0.3) is 0 Å². The average molecular weight is 272 g/mol. The molecule has 1 aromatic rings. The van der Waals surface area contributed by atoms with Crippen molar-refractivity contribution in [1.82, 2.24) is 5.32 Å². The molecule has 0 saturated heterocycles. The first-order valence-electron chi connectivity index (χ1n) is 5.94. The fraction of sp³-hybridized carbons (Fsp3) is 0.462. The minimum atomic E-state index is -0.873. The van der Waals surface area contributed by atoms with Gasteiger partial charge in [0.25, 0.3) is 5.91 Å². The van der Waals surface area contributed by atoms with Gasteiger partial charge >= 0.3 is 0 Å². The number of nitrogens with two attached hydrogens (primary N) is 1. The van der Waals surface area contributed by atoms with Crippen molar-refractivity contribution in [2.45, 2.75) is 19.4 Å². The molecule has 6 heteroatoms. The molecule has 0 aliphatic heterocycles. The number of hydrogen-bond donors (Lipinski definition) is 2. The summed E-state index contributed by atoms with van der Waals surface area (Å²) < 4.78 is 32.0. The highest BCUT2D eigenvalue weighted by Crippen LogP contribution is 2.16. The standard InChI is InChI=1S/C13H18F2N2O2/c1-8-3-4-10(14)11(12(8)15)13(18)17-6-5-9(16)7-19-2/h3-4,9H,5-7,16H2,1-2H3,(H,17,18). The summed E-state index contributed by atoms with van der Waals surface area (Å²) in [4.78, 5) is 11.7. The fourth-order valence-corrected chi connectivity index (χ4v) is 1.62. The van der Waals surface area contributed by atoms with E-state index in [4.69, 9.17) is 10.5 Å². The maximum absolute atomic E-state index is 13.7. The molecule has 1 aromatic carbocycles. The zero-order valence-corrected chi connectivity index (χ0v) is 11.0. The largest absolute Gasteiger partial charge is 0.383 e. The third-order valence-electron chi connectivity index (χ3n) is 2.69. The summed E-state index contributed by atoms with van der Waals surface area (Å²) in [5.74, 6) is -2.48. The Morgan fingerprint density at radius 2 is 2.16 bits per heavy atom. The van der Waals surface area contributed by atoms with E-state index in [2.05, 4.69) is 5.32 Å². The molecular weight excluding hydrogens is 254 g/mol. The summed E-state index contributed by atoms with van der Waals surface area (Å²) in [6.45, 7) is 2.07. The molecule has 19 heavy (non-hydrogen) atoms. The highest BCUT2D eigenvalue weighted by molar-refractivity contribution is 5.94. The van der Waals surface area contributed by atoms with Crippen molar-refractivity contribution in [3.63, 3.8) is 0 Å². The van der Waals surface area contributed by atoms with Gasteiger partial charge in [0.1, 0.15) is 17.2 Å². The Kier molecular flexibility index (Phi) is 5.85. The molecule has 0 fully saturated rings. The van der Waals surface area contributed by atoms with Gasteiger partial charge in [-0.2, -0.15) is 0 Å². The molecule has 0 saturated carbocycles. The molecule has 106 valence electrons. The molecule has 1 rings (SSSR count). The number of hydrogen-bond acceptors (Lipinski definition) is 3. The Morgan fingerprint density at radius 3 is 2.79 bits per heavy atom. The molecule has 0 bridgehead atoms. The van der Waals surface area contributed by atoms with E-state index in [1.807, 2.05) is 0 Å². The van der Waals surface area contributed by atoms with Gasteiger partial charge < -0.3 is 15.8 Å². The highest BCUT2D eigenvalue weighted by atomic mass is 19.1. The van der Waals surface area contributed by atoms with Gasteiger partial charge in [0, 0.05) is 19.7 Å². The average Bonchev–Trinajstić information content (AvgIpc) is 2.35. The molecule has 0 aliphatic rings. The van der Waals surface area contributed by atoms with Gasteiger partial charge in [-0.25, -0.2) is 8.78 Å². The molecule has 1 unspecified atom stereocenters. The third-order valence-corrected chi connectivity index (χ3v) is 2.69. The number of halogens is 2. The van der Waals surface area contributed by atoms with Gasteiger partial charge in [0.05, 0.1) is 6.61 Å². The Morgan fingerprint density at radius 1 is 1.47 bits per heavy atom. The Bertz CT molecular complexity index is 453. The number of rotatable bonds is 6. The number of aryl methyl sites for hydroxylation is 1. The van der Waals surface area contributed by atoms with E-state index in [9.17, 15) is 13.6 Å². The van der Waals surface area contributed by atoms with Crippen LogP contribution in [0.3, 0.4) is 0 Å². The SMILES string of the molecule is COCC(N)CCNC(=O)c1c(F)ccc(C)c1F. The lowest BCUT2D eigenvalue weighted by molar-refractivity contribution is 0.0941. The second-order valence-corrected chi connectivity index (χ2v) is 4.31. The van der Waals surface area contributed by atoms with Crippen molar-refractivity contribution in [2.24, 2.45) is 5.73 Å². The first kappa shape index (κ1) is 15.5. The van der Waals surface area contributed by atoms with Crippen molar-refractivity contribution in [3.05, 3.63) is 34.9 Å². The Hall–Kier alpha value is -1.53. The number of nitrogens with one attached hydrogen (secondary N) is 1. The number of amides is 1.